The number of rotatable bonds is 3. The highest BCUT2D eigenvalue weighted by molar-refractivity contribution is 7.89. The number of fused-ring (bicyclic) bond motifs is 3. The van der Waals surface area contributed by atoms with E-state index in [1.165, 1.54) is 7.11 Å². The van der Waals surface area contributed by atoms with E-state index in [0.717, 1.165) is 16.8 Å². The summed E-state index contributed by atoms with van der Waals surface area (Å²) in [6.07, 6.45) is 3.32. The van der Waals surface area contributed by atoms with Gasteiger partial charge in [-0.1, -0.05) is 12.1 Å². The van der Waals surface area contributed by atoms with Crippen LogP contribution < -0.4 is 9.88 Å². The van der Waals surface area contributed by atoms with Gasteiger partial charge >= 0.3 is 5.97 Å². The second kappa shape index (κ2) is 6.66. The van der Waals surface area contributed by atoms with Gasteiger partial charge in [0.25, 0.3) is 0 Å². The maximum atomic E-state index is 12.6. The molecule has 0 spiro atoms. The molecule has 1 aromatic carbocycles. The molecule has 1 aliphatic rings. The van der Waals surface area contributed by atoms with E-state index in [2.05, 4.69) is 9.97 Å². The summed E-state index contributed by atoms with van der Waals surface area (Å²) in [6, 6.07) is 8.81. The molecule has 3 N–H and O–H groups in total. The number of methoxy groups -OCH3 is 1. The van der Waals surface area contributed by atoms with Crippen LogP contribution >= 0.6 is 0 Å². The molecular formula is C20H19N3O4S. The molecule has 28 heavy (non-hydrogen) atoms. The normalized spacial score (nSPS) is 15.2. The van der Waals surface area contributed by atoms with Crippen molar-refractivity contribution in [3.8, 4) is 28.1 Å². The first-order valence-corrected chi connectivity index (χ1v) is 9.79. The lowest BCUT2D eigenvalue weighted by Gasteiger charge is -2.33. The molecule has 7 nitrogen and oxygen atoms in total. The van der Waals surface area contributed by atoms with Crippen LogP contribution in [0.1, 0.15) is 29.9 Å². The minimum Gasteiger partial charge on any atom is -0.593 e. The zero-order valence-electron chi connectivity index (χ0n) is 15.6. The number of H-pyrrole nitrogens is 1. The highest BCUT2D eigenvalue weighted by Crippen LogP contribution is 2.49. The van der Waals surface area contributed by atoms with E-state index in [0.29, 0.717) is 27.5 Å². The van der Waals surface area contributed by atoms with Crippen molar-refractivity contribution in [3.63, 3.8) is 0 Å². The number of aromatic amines is 1. The Kier molecular flexibility index (Phi) is 4.41. The zero-order chi connectivity index (χ0) is 20.1. The van der Waals surface area contributed by atoms with Crippen molar-refractivity contribution in [1.29, 1.82) is 0 Å². The molecular weight excluding hydrogens is 378 g/mol. The monoisotopic (exact) mass is 397 g/mol. The molecule has 0 saturated heterocycles. The average molecular weight is 397 g/mol. The standard InChI is InChI=1S/C20H19N3O4S/c1-20(2)16-15(11-5-4-6-12(9-11)28(21)25)18(19(24)26-3)23-17(16)13-7-8-22-10-14(13)27-20/h4-10,23H,21H2,1-3H3. The van der Waals surface area contributed by atoms with Gasteiger partial charge in [-0.3, -0.25) is 4.98 Å². The van der Waals surface area contributed by atoms with Crippen LogP contribution in [0, 0.1) is 0 Å². The van der Waals surface area contributed by atoms with Gasteiger partial charge in [0, 0.05) is 29.0 Å². The van der Waals surface area contributed by atoms with Crippen LogP contribution in [-0.4, -0.2) is 27.6 Å². The SMILES string of the molecule is COC(=O)c1[nH]c2c(c1-c1cccc([S+](N)[O-])c1)C(C)(C)Oc1cnccc1-2. The number of nitrogens with two attached hydrogens (primary N) is 1. The summed E-state index contributed by atoms with van der Waals surface area (Å²) in [5, 5.41) is 5.56. The number of benzene rings is 1. The average Bonchev–Trinajstić information content (AvgIpc) is 3.09. The number of nitrogens with zero attached hydrogens (tertiary/aromatic N) is 1. The van der Waals surface area contributed by atoms with Gasteiger partial charge in [-0.05, 0) is 31.5 Å². The van der Waals surface area contributed by atoms with Crippen molar-refractivity contribution in [1.82, 2.24) is 9.97 Å². The highest BCUT2D eigenvalue weighted by Gasteiger charge is 2.40. The van der Waals surface area contributed by atoms with E-state index < -0.39 is 22.9 Å². The molecule has 0 radical (unpaired) electrons. The fraction of sp³-hybridized carbons (Fsp3) is 0.200. The minimum atomic E-state index is -1.64. The summed E-state index contributed by atoms with van der Waals surface area (Å²) in [6.45, 7) is 3.84. The lowest BCUT2D eigenvalue weighted by atomic mass is 9.86. The molecule has 0 amide bonds. The Labute approximate surface area is 165 Å². The molecule has 3 aromatic rings. The molecule has 1 atom stereocenters. The van der Waals surface area contributed by atoms with E-state index in [-0.39, 0.29) is 0 Å². The maximum Gasteiger partial charge on any atom is 0.355 e. The van der Waals surface area contributed by atoms with Gasteiger partial charge in [-0.2, -0.15) is 0 Å². The largest absolute Gasteiger partial charge is 0.593 e. The first kappa shape index (κ1) is 18.5. The molecule has 0 saturated carbocycles. The van der Waals surface area contributed by atoms with Crippen LogP contribution in [0.2, 0.25) is 0 Å². The quantitative estimate of drug-likeness (QED) is 0.518. The molecule has 2 aromatic heterocycles. The van der Waals surface area contributed by atoms with Crippen molar-refractivity contribution in [2.45, 2.75) is 24.3 Å². The first-order chi connectivity index (χ1) is 13.3. The Balaban J connectivity index is 2.06. The van der Waals surface area contributed by atoms with Gasteiger partial charge in [0.1, 0.15) is 17.0 Å². The Morgan fingerprint density at radius 2 is 2.14 bits per heavy atom. The number of aromatic nitrogens is 2. The first-order valence-electron chi connectivity index (χ1n) is 8.58. The second-order valence-electron chi connectivity index (χ2n) is 6.93. The minimum absolute atomic E-state index is 0.300. The lowest BCUT2D eigenvalue weighted by molar-refractivity contribution is 0.0595. The van der Waals surface area contributed by atoms with Gasteiger partial charge in [0.2, 0.25) is 0 Å². The number of nitrogens with one attached hydrogen (secondary N) is 1. The third kappa shape index (κ3) is 2.86. The Morgan fingerprint density at radius 1 is 1.36 bits per heavy atom. The number of ether oxygens (including phenoxy) is 2. The van der Waals surface area contributed by atoms with Crippen LogP contribution in [0.5, 0.6) is 5.75 Å². The number of carbonyl (C=O) groups is 1. The van der Waals surface area contributed by atoms with Crippen LogP contribution in [0.25, 0.3) is 22.4 Å². The molecule has 0 bridgehead atoms. The number of esters is 1. The predicted octanol–water partition coefficient (Wildman–Crippen LogP) is 3.14. The molecule has 1 unspecified atom stereocenters. The van der Waals surface area contributed by atoms with Crippen molar-refractivity contribution in [2.24, 2.45) is 5.14 Å². The lowest BCUT2D eigenvalue weighted by Crippen LogP contribution is -2.29. The van der Waals surface area contributed by atoms with Crippen LogP contribution in [0.15, 0.2) is 47.6 Å². The molecule has 0 fully saturated rings. The van der Waals surface area contributed by atoms with Crippen molar-refractivity contribution in [3.05, 3.63) is 54.0 Å². The van der Waals surface area contributed by atoms with Gasteiger partial charge in [0.05, 0.1) is 30.4 Å². The summed E-state index contributed by atoms with van der Waals surface area (Å²) >= 11 is -1.64. The molecule has 0 aliphatic carbocycles. The summed E-state index contributed by atoms with van der Waals surface area (Å²) in [5.41, 5.74) is 3.27. The van der Waals surface area contributed by atoms with E-state index in [4.69, 9.17) is 14.6 Å². The van der Waals surface area contributed by atoms with E-state index >= 15 is 0 Å². The molecule has 8 heteroatoms. The smallest absolute Gasteiger partial charge is 0.355 e. The molecule has 3 heterocycles. The van der Waals surface area contributed by atoms with Gasteiger partial charge in [0.15, 0.2) is 4.90 Å². The summed E-state index contributed by atoms with van der Waals surface area (Å²) in [5.74, 6) is 0.121. The van der Waals surface area contributed by atoms with E-state index in [1.54, 1.807) is 30.6 Å². The van der Waals surface area contributed by atoms with Gasteiger partial charge in [-0.25, -0.2) is 4.79 Å². The van der Waals surface area contributed by atoms with Crippen molar-refractivity contribution in [2.75, 3.05) is 7.11 Å². The third-order valence-corrected chi connectivity index (χ3v) is 5.48. The summed E-state index contributed by atoms with van der Waals surface area (Å²) < 4.78 is 23.0. The predicted molar refractivity (Wildman–Crippen MR) is 105 cm³/mol. The zero-order valence-corrected chi connectivity index (χ0v) is 16.4. The van der Waals surface area contributed by atoms with E-state index in [9.17, 15) is 9.35 Å². The Hall–Kier alpha value is -2.81. The Morgan fingerprint density at radius 3 is 2.86 bits per heavy atom. The van der Waals surface area contributed by atoms with Crippen molar-refractivity contribution < 1.29 is 18.8 Å². The Bertz CT molecular complexity index is 1080. The summed E-state index contributed by atoms with van der Waals surface area (Å²) in [7, 11) is 1.33. The van der Waals surface area contributed by atoms with Crippen molar-refractivity contribution >= 4 is 17.3 Å². The third-order valence-electron chi connectivity index (χ3n) is 4.77. The fourth-order valence-electron chi connectivity index (χ4n) is 3.62. The van der Waals surface area contributed by atoms with Crippen LogP contribution in [0.4, 0.5) is 0 Å². The summed E-state index contributed by atoms with van der Waals surface area (Å²) in [4.78, 5) is 20.4. The molecule has 4 rings (SSSR count). The van der Waals surface area contributed by atoms with Crippen LogP contribution in [-0.2, 0) is 21.7 Å². The number of hydrogen-bond donors (Lipinski definition) is 2. The number of pyridine rings is 1. The molecule has 144 valence electrons. The second-order valence-corrected chi connectivity index (χ2v) is 7.99. The van der Waals surface area contributed by atoms with E-state index in [1.807, 2.05) is 26.0 Å². The fourth-order valence-corrected chi connectivity index (χ4v) is 4.07. The number of carbonyl (C=O) groups excluding carboxylic acids is 1. The highest BCUT2D eigenvalue weighted by atomic mass is 32.2. The topological polar surface area (TPSA) is 113 Å². The maximum absolute atomic E-state index is 12.6. The number of hydrogen-bond acceptors (Lipinski definition) is 6. The van der Waals surface area contributed by atoms with Crippen LogP contribution in [0.3, 0.4) is 0 Å². The van der Waals surface area contributed by atoms with Gasteiger partial charge < -0.3 is 19.0 Å². The molecule has 1 aliphatic heterocycles. The van der Waals surface area contributed by atoms with Gasteiger partial charge in [-0.15, -0.1) is 5.14 Å².